The van der Waals surface area contributed by atoms with Gasteiger partial charge in [0.05, 0.1) is 12.7 Å². The van der Waals surface area contributed by atoms with E-state index < -0.39 is 11.4 Å². The number of hydrogen-bond acceptors (Lipinski definition) is 2. The van der Waals surface area contributed by atoms with Crippen LogP contribution in [0.25, 0.3) is 0 Å². The van der Waals surface area contributed by atoms with Gasteiger partial charge >= 0.3 is 0 Å². The van der Waals surface area contributed by atoms with Crippen LogP contribution in [0.4, 0.5) is 4.39 Å². The molecule has 1 aromatic rings. The van der Waals surface area contributed by atoms with Crippen molar-refractivity contribution in [3.63, 3.8) is 0 Å². The second kappa shape index (κ2) is 3.21. The summed E-state index contributed by atoms with van der Waals surface area (Å²) in [5.74, 6) is -0.301. The Bertz CT molecular complexity index is 375. The fourth-order valence-corrected chi connectivity index (χ4v) is 2.22. The fraction of sp³-hybridized carbons (Fsp3) is 0.400. The Morgan fingerprint density at radius 3 is 2.64 bits per heavy atom. The summed E-state index contributed by atoms with van der Waals surface area (Å²) >= 11 is 3.29. The smallest absolute Gasteiger partial charge is 0.165 e. The minimum atomic E-state index is -0.897. The fourth-order valence-electron chi connectivity index (χ4n) is 1.53. The van der Waals surface area contributed by atoms with E-state index in [0.717, 1.165) is 0 Å². The van der Waals surface area contributed by atoms with Crippen LogP contribution in [0.2, 0.25) is 0 Å². The van der Waals surface area contributed by atoms with Crippen LogP contribution in [0, 0.1) is 5.82 Å². The van der Waals surface area contributed by atoms with E-state index in [4.69, 9.17) is 4.74 Å². The lowest BCUT2D eigenvalue weighted by Gasteiger charge is -2.15. The number of methoxy groups -OCH3 is 1. The Morgan fingerprint density at radius 2 is 2.14 bits per heavy atom. The quantitative estimate of drug-likeness (QED) is 0.886. The molecule has 0 aromatic heterocycles. The normalized spacial score (nSPS) is 18.0. The number of halogens is 2. The van der Waals surface area contributed by atoms with Crippen molar-refractivity contribution < 1.29 is 14.2 Å². The molecule has 1 saturated carbocycles. The van der Waals surface area contributed by atoms with Crippen molar-refractivity contribution in [1.82, 2.24) is 0 Å². The molecule has 2 nitrogen and oxygen atoms in total. The van der Waals surface area contributed by atoms with Gasteiger partial charge in [-0.05, 0) is 25.0 Å². The second-order valence-electron chi connectivity index (χ2n) is 3.47. The highest BCUT2D eigenvalue weighted by molar-refractivity contribution is 9.10. The molecule has 0 spiro atoms. The van der Waals surface area contributed by atoms with Gasteiger partial charge in [0.25, 0.3) is 0 Å². The molecule has 0 radical (unpaired) electrons. The summed E-state index contributed by atoms with van der Waals surface area (Å²) in [6.07, 6.45) is 1.32. The maximum atomic E-state index is 13.3. The van der Waals surface area contributed by atoms with Gasteiger partial charge in [-0.1, -0.05) is 15.9 Å². The zero-order valence-electron chi connectivity index (χ0n) is 7.68. The van der Waals surface area contributed by atoms with Crippen molar-refractivity contribution in [2.45, 2.75) is 18.4 Å². The van der Waals surface area contributed by atoms with Crippen molar-refractivity contribution >= 4 is 15.9 Å². The first-order valence-corrected chi connectivity index (χ1v) is 5.12. The molecule has 1 aliphatic carbocycles. The number of ether oxygens (including phenoxy) is 1. The molecule has 4 heteroatoms. The Hall–Kier alpha value is -0.610. The van der Waals surface area contributed by atoms with E-state index in [1.165, 1.54) is 13.2 Å². The van der Waals surface area contributed by atoms with E-state index in [0.29, 0.717) is 22.9 Å². The topological polar surface area (TPSA) is 29.5 Å². The Balaban J connectivity index is 2.60. The van der Waals surface area contributed by atoms with Crippen molar-refractivity contribution in [1.29, 1.82) is 0 Å². The van der Waals surface area contributed by atoms with E-state index in [1.54, 1.807) is 6.07 Å². The van der Waals surface area contributed by atoms with Gasteiger partial charge in [-0.25, -0.2) is 4.39 Å². The molecule has 0 bridgehead atoms. The lowest BCUT2D eigenvalue weighted by molar-refractivity contribution is 0.145. The molecule has 1 aliphatic rings. The van der Waals surface area contributed by atoms with E-state index in [9.17, 15) is 9.50 Å². The maximum Gasteiger partial charge on any atom is 0.165 e. The third kappa shape index (κ3) is 1.42. The van der Waals surface area contributed by atoms with Crippen molar-refractivity contribution in [3.05, 3.63) is 28.0 Å². The van der Waals surface area contributed by atoms with E-state index in [1.807, 2.05) is 0 Å². The Labute approximate surface area is 89.8 Å². The van der Waals surface area contributed by atoms with Crippen LogP contribution in [0.5, 0.6) is 5.75 Å². The van der Waals surface area contributed by atoms with Gasteiger partial charge in [-0.3, -0.25) is 0 Å². The van der Waals surface area contributed by atoms with Crippen molar-refractivity contribution in [2.75, 3.05) is 7.11 Å². The van der Waals surface area contributed by atoms with Crippen molar-refractivity contribution in [2.24, 2.45) is 0 Å². The van der Waals surface area contributed by atoms with Crippen LogP contribution in [0.15, 0.2) is 16.6 Å². The van der Waals surface area contributed by atoms with Gasteiger partial charge in [0.2, 0.25) is 0 Å². The molecule has 76 valence electrons. The van der Waals surface area contributed by atoms with Gasteiger partial charge < -0.3 is 9.84 Å². The minimum Gasteiger partial charge on any atom is -0.493 e. The lowest BCUT2D eigenvalue weighted by Crippen LogP contribution is -2.09. The number of benzene rings is 1. The molecule has 0 unspecified atom stereocenters. The molecule has 0 heterocycles. The standard InChI is InChI=1S/C10H10BrFO2/c1-14-9-7(12)3-2-6(11)8(9)10(13)4-5-10/h2-3,13H,4-5H2,1H3. The van der Waals surface area contributed by atoms with E-state index >= 15 is 0 Å². The number of rotatable bonds is 2. The maximum absolute atomic E-state index is 13.3. The molecule has 1 aromatic carbocycles. The summed E-state index contributed by atoms with van der Waals surface area (Å²) < 4.78 is 19.0. The first-order chi connectivity index (χ1) is 6.58. The van der Waals surface area contributed by atoms with Crippen molar-refractivity contribution in [3.8, 4) is 5.75 Å². The molecule has 0 atom stereocenters. The van der Waals surface area contributed by atoms with E-state index in [-0.39, 0.29) is 5.75 Å². The molecule has 0 aliphatic heterocycles. The average Bonchev–Trinajstić information content (AvgIpc) is 2.88. The first-order valence-electron chi connectivity index (χ1n) is 4.33. The van der Waals surface area contributed by atoms with E-state index in [2.05, 4.69) is 15.9 Å². The molecule has 0 saturated heterocycles. The third-order valence-corrected chi connectivity index (χ3v) is 3.11. The summed E-state index contributed by atoms with van der Waals surface area (Å²) in [5.41, 5.74) is -0.369. The van der Waals surface area contributed by atoms with Crippen LogP contribution in [-0.4, -0.2) is 12.2 Å². The van der Waals surface area contributed by atoms with Gasteiger partial charge in [0.15, 0.2) is 11.6 Å². The highest BCUT2D eigenvalue weighted by atomic mass is 79.9. The largest absolute Gasteiger partial charge is 0.493 e. The molecule has 1 fully saturated rings. The van der Waals surface area contributed by atoms with Crippen LogP contribution in [0.1, 0.15) is 18.4 Å². The zero-order valence-corrected chi connectivity index (χ0v) is 9.27. The van der Waals surface area contributed by atoms with Crippen LogP contribution < -0.4 is 4.74 Å². The van der Waals surface area contributed by atoms with Crippen LogP contribution in [-0.2, 0) is 5.60 Å². The predicted molar refractivity (Wildman–Crippen MR) is 53.8 cm³/mol. The summed E-state index contributed by atoms with van der Waals surface area (Å²) in [6.45, 7) is 0. The number of aliphatic hydroxyl groups is 1. The Kier molecular flexibility index (Phi) is 2.27. The highest BCUT2D eigenvalue weighted by Gasteiger charge is 2.46. The summed E-state index contributed by atoms with van der Waals surface area (Å²) in [7, 11) is 1.40. The van der Waals surface area contributed by atoms with Gasteiger partial charge in [-0.15, -0.1) is 0 Å². The highest BCUT2D eigenvalue weighted by Crippen LogP contribution is 2.51. The SMILES string of the molecule is COc1c(F)ccc(Br)c1C1(O)CC1. The molecule has 0 amide bonds. The summed E-state index contributed by atoms with van der Waals surface area (Å²) in [5, 5.41) is 9.94. The van der Waals surface area contributed by atoms with Gasteiger partial charge in [0.1, 0.15) is 0 Å². The minimum absolute atomic E-state index is 0.138. The van der Waals surface area contributed by atoms with Gasteiger partial charge in [-0.2, -0.15) is 0 Å². The summed E-state index contributed by atoms with van der Waals surface area (Å²) in [6, 6.07) is 2.90. The second-order valence-corrected chi connectivity index (χ2v) is 4.32. The van der Waals surface area contributed by atoms with Crippen LogP contribution >= 0.6 is 15.9 Å². The molecule has 14 heavy (non-hydrogen) atoms. The summed E-state index contributed by atoms with van der Waals surface area (Å²) in [4.78, 5) is 0. The molecular weight excluding hydrogens is 251 g/mol. The third-order valence-electron chi connectivity index (χ3n) is 2.45. The zero-order chi connectivity index (χ0) is 10.3. The van der Waals surface area contributed by atoms with Crippen LogP contribution in [0.3, 0.4) is 0 Å². The predicted octanol–water partition coefficient (Wildman–Crippen LogP) is 2.58. The number of hydrogen-bond donors (Lipinski definition) is 1. The molecule has 1 N–H and O–H groups in total. The monoisotopic (exact) mass is 260 g/mol. The Morgan fingerprint density at radius 1 is 1.50 bits per heavy atom. The lowest BCUT2D eigenvalue weighted by atomic mass is 10.1. The van der Waals surface area contributed by atoms with Gasteiger partial charge in [0, 0.05) is 10.0 Å². The molecular formula is C10H10BrFO2. The average molecular weight is 261 g/mol. The molecule has 2 rings (SSSR count). The first kappa shape index (κ1) is 9.93.